The molecule has 168 valence electrons. The summed E-state index contributed by atoms with van der Waals surface area (Å²) < 4.78 is 44.4. The van der Waals surface area contributed by atoms with Crippen molar-refractivity contribution in [3.63, 3.8) is 0 Å². The Morgan fingerprint density at radius 1 is 1.03 bits per heavy atom. The fourth-order valence-corrected chi connectivity index (χ4v) is 3.88. The molecule has 1 aliphatic heterocycles. The molecule has 33 heavy (non-hydrogen) atoms. The van der Waals surface area contributed by atoms with Gasteiger partial charge < -0.3 is 9.73 Å². The Hall–Kier alpha value is -3.79. The highest BCUT2D eigenvalue weighted by Gasteiger charge is 2.36. The molecule has 1 fully saturated rings. The smallest absolute Gasteiger partial charge is 0.416 e. The molecule has 0 unspecified atom stereocenters. The average Bonchev–Trinajstić information content (AvgIpc) is 3.34. The normalized spacial score (nSPS) is 15.4. The second-order valence-corrected chi connectivity index (χ2v) is 7.96. The van der Waals surface area contributed by atoms with E-state index in [0.717, 1.165) is 17.0 Å². The van der Waals surface area contributed by atoms with Gasteiger partial charge >= 0.3 is 6.18 Å². The van der Waals surface area contributed by atoms with Crippen LogP contribution in [0.1, 0.15) is 11.3 Å². The van der Waals surface area contributed by atoms with Crippen molar-refractivity contribution in [2.45, 2.75) is 6.18 Å². The van der Waals surface area contributed by atoms with Crippen molar-refractivity contribution in [2.24, 2.45) is 0 Å². The lowest BCUT2D eigenvalue weighted by Crippen LogP contribution is -2.36. The van der Waals surface area contributed by atoms with Gasteiger partial charge in [-0.15, -0.1) is 0 Å². The fourth-order valence-electron chi connectivity index (χ4n) is 3.07. The van der Waals surface area contributed by atoms with Crippen LogP contribution < -0.4 is 5.32 Å². The predicted molar refractivity (Wildman–Crippen MR) is 117 cm³/mol. The van der Waals surface area contributed by atoms with Crippen molar-refractivity contribution >= 4 is 40.6 Å². The second-order valence-electron chi connectivity index (χ2n) is 6.96. The summed E-state index contributed by atoms with van der Waals surface area (Å²) in [5, 5.41) is 1.99. The van der Waals surface area contributed by atoms with Gasteiger partial charge in [0, 0.05) is 17.3 Å². The third-order valence-electron chi connectivity index (χ3n) is 4.61. The summed E-state index contributed by atoms with van der Waals surface area (Å²) in [7, 11) is 0. The van der Waals surface area contributed by atoms with E-state index < -0.39 is 35.3 Å². The number of furan rings is 1. The van der Waals surface area contributed by atoms with Crippen LogP contribution >= 0.6 is 11.8 Å². The minimum atomic E-state index is -4.49. The number of nitrogens with zero attached hydrogens (tertiary/aromatic N) is 1. The maximum absolute atomic E-state index is 12.9. The molecular formula is C23H15F3N2O4S. The Kier molecular flexibility index (Phi) is 6.10. The Balaban J connectivity index is 1.47. The molecule has 3 aromatic rings. The van der Waals surface area contributed by atoms with Gasteiger partial charge in [-0.25, -0.2) is 0 Å². The quantitative estimate of drug-likeness (QED) is 0.486. The zero-order valence-corrected chi connectivity index (χ0v) is 17.6. The van der Waals surface area contributed by atoms with E-state index in [2.05, 4.69) is 5.32 Å². The van der Waals surface area contributed by atoms with E-state index >= 15 is 0 Å². The molecule has 10 heteroatoms. The van der Waals surface area contributed by atoms with Gasteiger partial charge in [-0.1, -0.05) is 30.3 Å². The van der Waals surface area contributed by atoms with Crippen molar-refractivity contribution in [2.75, 3.05) is 11.9 Å². The molecule has 0 spiro atoms. The predicted octanol–water partition coefficient (Wildman–Crippen LogP) is 5.64. The van der Waals surface area contributed by atoms with Crippen molar-refractivity contribution in [3.8, 4) is 11.3 Å². The summed E-state index contributed by atoms with van der Waals surface area (Å²) in [6, 6.07) is 16.2. The number of thioether (sulfide) groups is 1. The molecule has 0 aliphatic carbocycles. The molecule has 1 aromatic heterocycles. The van der Waals surface area contributed by atoms with Crippen LogP contribution in [-0.4, -0.2) is 28.5 Å². The number of hydrogen-bond acceptors (Lipinski definition) is 5. The van der Waals surface area contributed by atoms with E-state index in [1.807, 2.05) is 0 Å². The first kappa shape index (κ1) is 22.4. The van der Waals surface area contributed by atoms with Gasteiger partial charge in [0.25, 0.3) is 11.1 Å². The summed E-state index contributed by atoms with van der Waals surface area (Å²) in [4.78, 5) is 37.9. The molecule has 0 bridgehead atoms. The molecule has 3 amide bonds. The number of carbonyl (C=O) groups is 3. The van der Waals surface area contributed by atoms with Crippen LogP contribution in [0.4, 0.5) is 23.7 Å². The number of imide groups is 1. The first-order chi connectivity index (χ1) is 15.7. The number of halogens is 3. The summed E-state index contributed by atoms with van der Waals surface area (Å²) in [5.74, 6) is -0.838. The minimum absolute atomic E-state index is 0.0393. The standard InChI is InChI=1S/C23H15F3N2O4S/c24-23(25,26)15-6-4-5-14(11-15)18-10-9-17(32-18)12-19-21(30)28(22(31)33-19)13-20(29)27-16-7-2-1-3-8-16/h1-12H,13H2,(H,27,29)/b19-12+. The summed E-state index contributed by atoms with van der Waals surface area (Å²) in [6.07, 6.45) is -3.17. The van der Waals surface area contributed by atoms with Gasteiger partial charge in [0.2, 0.25) is 5.91 Å². The van der Waals surface area contributed by atoms with Gasteiger partial charge in [-0.05, 0) is 48.2 Å². The average molecular weight is 472 g/mol. The number of para-hydroxylation sites is 1. The first-order valence-corrected chi connectivity index (χ1v) is 10.4. The molecule has 1 saturated heterocycles. The van der Waals surface area contributed by atoms with Gasteiger partial charge in [0.05, 0.1) is 10.5 Å². The van der Waals surface area contributed by atoms with Gasteiger partial charge in [0.15, 0.2) is 0 Å². The van der Waals surface area contributed by atoms with Crippen molar-refractivity contribution in [1.82, 2.24) is 4.90 Å². The Morgan fingerprint density at radius 3 is 2.52 bits per heavy atom. The molecule has 1 N–H and O–H groups in total. The Morgan fingerprint density at radius 2 is 1.79 bits per heavy atom. The molecule has 2 heterocycles. The number of benzene rings is 2. The topological polar surface area (TPSA) is 79.6 Å². The van der Waals surface area contributed by atoms with Crippen LogP contribution in [0.3, 0.4) is 0 Å². The molecule has 0 saturated carbocycles. The van der Waals surface area contributed by atoms with Crippen molar-refractivity contribution < 1.29 is 32.0 Å². The lowest BCUT2D eigenvalue weighted by Gasteiger charge is -2.12. The maximum atomic E-state index is 12.9. The first-order valence-electron chi connectivity index (χ1n) is 9.58. The lowest BCUT2D eigenvalue weighted by atomic mass is 10.1. The number of alkyl halides is 3. The number of carbonyl (C=O) groups excluding carboxylic acids is 3. The molecule has 4 rings (SSSR count). The number of nitrogens with one attached hydrogen (secondary N) is 1. The molecule has 0 radical (unpaired) electrons. The minimum Gasteiger partial charge on any atom is -0.457 e. The van der Waals surface area contributed by atoms with E-state index in [4.69, 9.17) is 4.42 Å². The van der Waals surface area contributed by atoms with E-state index in [0.29, 0.717) is 17.4 Å². The number of hydrogen-bond donors (Lipinski definition) is 1. The SMILES string of the molecule is O=C(CN1C(=O)S/C(=C/c2ccc(-c3cccc(C(F)(F)F)c3)o2)C1=O)Nc1ccccc1. The molecule has 1 aliphatic rings. The Bertz CT molecular complexity index is 1250. The number of anilines is 1. The monoisotopic (exact) mass is 472 g/mol. The largest absolute Gasteiger partial charge is 0.457 e. The van der Waals surface area contributed by atoms with E-state index in [-0.39, 0.29) is 22.0 Å². The number of rotatable bonds is 5. The zero-order chi connectivity index (χ0) is 23.6. The molecular weight excluding hydrogens is 457 g/mol. The highest BCUT2D eigenvalue weighted by molar-refractivity contribution is 8.18. The number of amides is 3. The molecule has 0 atom stereocenters. The highest BCUT2D eigenvalue weighted by Crippen LogP contribution is 2.35. The molecule has 6 nitrogen and oxygen atoms in total. The van der Waals surface area contributed by atoms with Crippen LogP contribution in [0.5, 0.6) is 0 Å². The zero-order valence-electron chi connectivity index (χ0n) is 16.8. The van der Waals surface area contributed by atoms with Gasteiger partial charge in [-0.3, -0.25) is 19.3 Å². The summed E-state index contributed by atoms with van der Waals surface area (Å²) in [6.45, 7) is -0.454. The van der Waals surface area contributed by atoms with Crippen molar-refractivity contribution in [1.29, 1.82) is 0 Å². The summed E-state index contributed by atoms with van der Waals surface area (Å²) >= 11 is 0.646. The molecule has 2 aromatic carbocycles. The van der Waals surface area contributed by atoms with E-state index in [9.17, 15) is 27.6 Å². The fraction of sp³-hybridized carbons (Fsp3) is 0.0870. The van der Waals surface area contributed by atoms with Gasteiger partial charge in [0.1, 0.15) is 18.1 Å². The van der Waals surface area contributed by atoms with Crippen LogP contribution in [0.15, 0.2) is 76.1 Å². The van der Waals surface area contributed by atoms with E-state index in [1.165, 1.54) is 30.3 Å². The maximum Gasteiger partial charge on any atom is 0.416 e. The third kappa shape index (κ3) is 5.17. The second kappa shape index (κ2) is 8.99. The van der Waals surface area contributed by atoms with Crippen LogP contribution in [0.25, 0.3) is 17.4 Å². The Labute approximate surface area is 190 Å². The van der Waals surface area contributed by atoms with Crippen molar-refractivity contribution in [3.05, 3.63) is 83.0 Å². The third-order valence-corrected chi connectivity index (χ3v) is 5.51. The van der Waals surface area contributed by atoms with E-state index in [1.54, 1.807) is 30.3 Å². The van der Waals surface area contributed by atoms with Crippen LogP contribution in [-0.2, 0) is 15.8 Å². The lowest BCUT2D eigenvalue weighted by molar-refractivity contribution is -0.137. The summed E-state index contributed by atoms with van der Waals surface area (Å²) in [5.41, 5.74) is -0.0641. The van der Waals surface area contributed by atoms with Crippen LogP contribution in [0.2, 0.25) is 0 Å². The highest BCUT2D eigenvalue weighted by atomic mass is 32.2. The van der Waals surface area contributed by atoms with Gasteiger partial charge in [-0.2, -0.15) is 13.2 Å². The van der Waals surface area contributed by atoms with Crippen LogP contribution in [0, 0.1) is 0 Å².